The molecule has 0 bridgehead atoms. The number of rotatable bonds is 6. The number of nitrogens with one attached hydrogen (secondary N) is 1. The van der Waals surface area contributed by atoms with Gasteiger partial charge in [-0.1, -0.05) is 30.3 Å². The van der Waals surface area contributed by atoms with Crippen LogP contribution in [-0.2, 0) is 11.3 Å². The van der Waals surface area contributed by atoms with Gasteiger partial charge in [0.15, 0.2) is 5.78 Å². The zero-order chi connectivity index (χ0) is 23.5. The molecule has 1 amide bonds. The average molecular weight is 441 g/mol. The Morgan fingerprint density at radius 3 is 2.58 bits per heavy atom. The van der Waals surface area contributed by atoms with Crippen LogP contribution in [0, 0.1) is 13.8 Å². The number of ketones is 1. The first-order chi connectivity index (χ1) is 15.9. The Bertz CT molecular complexity index is 1440. The zero-order valence-electron chi connectivity index (χ0n) is 18.6. The molecule has 7 nitrogen and oxygen atoms in total. The summed E-state index contributed by atoms with van der Waals surface area (Å²) in [6.07, 6.45) is 1.41. The Labute approximate surface area is 190 Å². The number of pyridine rings is 2. The smallest absolute Gasteiger partial charge is 0.244 e. The summed E-state index contributed by atoms with van der Waals surface area (Å²) >= 11 is 0. The standard InChI is InChI=1S/C26H23N3O4/c1-16-7-4-5-10-22(16)28-23(30)15-29-14-21(24(31)18-8-6-9-19(13-18)33-3)25(32)20-12-11-17(2)27-26(20)29/h4-14H,15H2,1-3H3,(H,28,30). The first-order valence-electron chi connectivity index (χ1n) is 10.4. The van der Waals surface area contributed by atoms with Crippen molar-refractivity contribution in [1.29, 1.82) is 0 Å². The number of nitrogens with zero attached hydrogens (tertiary/aromatic N) is 2. The molecule has 0 radical (unpaired) electrons. The summed E-state index contributed by atoms with van der Waals surface area (Å²) in [5.74, 6) is -0.233. The molecule has 0 spiro atoms. The number of methoxy groups -OCH3 is 1. The van der Waals surface area contributed by atoms with Gasteiger partial charge in [0, 0.05) is 23.1 Å². The van der Waals surface area contributed by atoms with Crippen LogP contribution < -0.4 is 15.5 Å². The molecule has 0 saturated heterocycles. The molecule has 0 aliphatic rings. The van der Waals surface area contributed by atoms with E-state index in [4.69, 9.17) is 4.74 Å². The van der Waals surface area contributed by atoms with Gasteiger partial charge in [0.2, 0.25) is 11.3 Å². The summed E-state index contributed by atoms with van der Waals surface area (Å²) in [6.45, 7) is 3.59. The molecule has 4 aromatic rings. The van der Waals surface area contributed by atoms with Crippen LogP contribution in [0.5, 0.6) is 5.75 Å². The molecule has 0 aliphatic carbocycles. The number of hydrogen-bond acceptors (Lipinski definition) is 5. The Morgan fingerprint density at radius 1 is 1.03 bits per heavy atom. The number of carbonyl (C=O) groups excluding carboxylic acids is 2. The van der Waals surface area contributed by atoms with Crippen LogP contribution in [0.2, 0.25) is 0 Å². The molecule has 7 heteroatoms. The van der Waals surface area contributed by atoms with E-state index in [9.17, 15) is 14.4 Å². The predicted octanol–water partition coefficient (Wildman–Crippen LogP) is 3.89. The van der Waals surface area contributed by atoms with E-state index in [1.165, 1.54) is 13.3 Å². The van der Waals surface area contributed by atoms with E-state index in [-0.39, 0.29) is 23.4 Å². The molecule has 2 aromatic heterocycles. The van der Waals surface area contributed by atoms with Gasteiger partial charge in [-0.25, -0.2) is 4.98 Å². The van der Waals surface area contributed by atoms with E-state index >= 15 is 0 Å². The first kappa shape index (κ1) is 22.0. The lowest BCUT2D eigenvalue weighted by molar-refractivity contribution is -0.116. The summed E-state index contributed by atoms with van der Waals surface area (Å²) < 4.78 is 6.74. The van der Waals surface area contributed by atoms with Crippen LogP contribution in [0.15, 0.2) is 71.7 Å². The number of fused-ring (bicyclic) bond motifs is 1. The van der Waals surface area contributed by atoms with Crippen LogP contribution in [0.4, 0.5) is 5.69 Å². The van der Waals surface area contributed by atoms with Gasteiger partial charge in [0.05, 0.1) is 18.1 Å². The van der Waals surface area contributed by atoms with Gasteiger partial charge in [0.25, 0.3) is 0 Å². The fraction of sp³-hybridized carbons (Fsp3) is 0.154. The van der Waals surface area contributed by atoms with E-state index in [1.807, 2.05) is 31.2 Å². The normalized spacial score (nSPS) is 10.8. The SMILES string of the molecule is COc1cccc(C(=O)c2cn(CC(=O)Nc3ccccc3C)c3nc(C)ccc3c2=O)c1. The fourth-order valence-electron chi connectivity index (χ4n) is 3.62. The predicted molar refractivity (Wildman–Crippen MR) is 127 cm³/mol. The topological polar surface area (TPSA) is 90.3 Å². The van der Waals surface area contributed by atoms with E-state index < -0.39 is 11.2 Å². The van der Waals surface area contributed by atoms with Crippen molar-refractivity contribution in [2.24, 2.45) is 0 Å². The third-order valence-electron chi connectivity index (χ3n) is 5.37. The minimum absolute atomic E-state index is 0.0369. The molecule has 33 heavy (non-hydrogen) atoms. The fourth-order valence-corrected chi connectivity index (χ4v) is 3.62. The molecule has 166 valence electrons. The summed E-state index contributed by atoms with van der Waals surface area (Å²) in [6, 6.07) is 17.4. The second-order valence-corrected chi connectivity index (χ2v) is 7.75. The molecular weight excluding hydrogens is 418 g/mol. The molecular formula is C26H23N3O4. The van der Waals surface area contributed by atoms with Crippen molar-refractivity contribution in [2.45, 2.75) is 20.4 Å². The Balaban J connectivity index is 1.78. The van der Waals surface area contributed by atoms with Gasteiger partial charge in [-0.05, 0) is 49.7 Å². The van der Waals surface area contributed by atoms with Crippen molar-refractivity contribution in [3.05, 3.63) is 99.5 Å². The maximum Gasteiger partial charge on any atom is 0.244 e. The number of aryl methyl sites for hydroxylation is 2. The van der Waals surface area contributed by atoms with Crippen molar-refractivity contribution < 1.29 is 14.3 Å². The van der Waals surface area contributed by atoms with E-state index in [0.29, 0.717) is 28.3 Å². The van der Waals surface area contributed by atoms with Crippen molar-refractivity contribution in [2.75, 3.05) is 12.4 Å². The van der Waals surface area contributed by atoms with E-state index in [2.05, 4.69) is 10.3 Å². The molecule has 2 heterocycles. The van der Waals surface area contributed by atoms with Crippen LogP contribution in [-0.4, -0.2) is 28.4 Å². The molecule has 4 rings (SSSR count). The quantitative estimate of drug-likeness (QED) is 0.459. The first-order valence-corrected chi connectivity index (χ1v) is 10.4. The third-order valence-corrected chi connectivity index (χ3v) is 5.37. The van der Waals surface area contributed by atoms with Crippen LogP contribution in [0.1, 0.15) is 27.2 Å². The largest absolute Gasteiger partial charge is 0.497 e. The highest BCUT2D eigenvalue weighted by Crippen LogP contribution is 2.18. The van der Waals surface area contributed by atoms with Crippen LogP contribution in [0.3, 0.4) is 0 Å². The van der Waals surface area contributed by atoms with Gasteiger partial charge < -0.3 is 14.6 Å². The lowest BCUT2D eigenvalue weighted by Crippen LogP contribution is -2.25. The van der Waals surface area contributed by atoms with Gasteiger partial charge >= 0.3 is 0 Å². The number of anilines is 1. The molecule has 0 atom stereocenters. The summed E-state index contributed by atoms with van der Waals surface area (Å²) in [7, 11) is 1.51. The molecule has 0 saturated carbocycles. The average Bonchev–Trinajstić information content (AvgIpc) is 2.82. The zero-order valence-corrected chi connectivity index (χ0v) is 18.6. The highest BCUT2D eigenvalue weighted by atomic mass is 16.5. The van der Waals surface area contributed by atoms with Crippen LogP contribution in [0.25, 0.3) is 11.0 Å². The molecule has 0 unspecified atom stereocenters. The number of amides is 1. The molecule has 0 fully saturated rings. The second-order valence-electron chi connectivity index (χ2n) is 7.75. The van der Waals surface area contributed by atoms with Crippen LogP contribution >= 0.6 is 0 Å². The van der Waals surface area contributed by atoms with Gasteiger partial charge in [-0.3, -0.25) is 14.4 Å². The van der Waals surface area contributed by atoms with Gasteiger partial charge in [-0.15, -0.1) is 0 Å². The number of ether oxygens (including phenoxy) is 1. The summed E-state index contributed by atoms with van der Waals surface area (Å²) in [4.78, 5) is 43.7. The Hall–Kier alpha value is -4.26. The molecule has 2 aromatic carbocycles. The van der Waals surface area contributed by atoms with Crippen molar-refractivity contribution >= 4 is 28.4 Å². The highest BCUT2D eigenvalue weighted by molar-refractivity contribution is 6.10. The lowest BCUT2D eigenvalue weighted by Gasteiger charge is -2.14. The minimum atomic E-state index is -0.450. The van der Waals surface area contributed by atoms with E-state index in [0.717, 1.165) is 5.56 Å². The van der Waals surface area contributed by atoms with Gasteiger partial charge in [-0.2, -0.15) is 0 Å². The number of carbonyl (C=O) groups is 2. The highest BCUT2D eigenvalue weighted by Gasteiger charge is 2.19. The maximum absolute atomic E-state index is 13.2. The third kappa shape index (κ3) is 4.52. The lowest BCUT2D eigenvalue weighted by atomic mass is 10.0. The number of para-hydroxylation sites is 1. The monoisotopic (exact) mass is 441 g/mol. The number of benzene rings is 2. The Morgan fingerprint density at radius 2 is 1.82 bits per heavy atom. The van der Waals surface area contributed by atoms with E-state index in [1.54, 1.807) is 47.9 Å². The Kier molecular flexibility index (Phi) is 6.04. The molecule has 0 aliphatic heterocycles. The number of hydrogen-bond donors (Lipinski definition) is 1. The summed E-state index contributed by atoms with van der Waals surface area (Å²) in [5.41, 5.74) is 2.53. The molecule has 1 N–H and O–H groups in total. The van der Waals surface area contributed by atoms with Crippen molar-refractivity contribution in [3.8, 4) is 5.75 Å². The maximum atomic E-state index is 13.2. The number of aromatic nitrogens is 2. The minimum Gasteiger partial charge on any atom is -0.497 e. The summed E-state index contributed by atoms with van der Waals surface area (Å²) in [5, 5.41) is 3.16. The van der Waals surface area contributed by atoms with Gasteiger partial charge in [0.1, 0.15) is 17.9 Å². The second kappa shape index (κ2) is 9.08. The van der Waals surface area contributed by atoms with Crippen molar-refractivity contribution in [3.63, 3.8) is 0 Å². The van der Waals surface area contributed by atoms with Crippen molar-refractivity contribution in [1.82, 2.24) is 9.55 Å².